The molecule has 2 aromatic carbocycles. The Kier molecular flexibility index (Phi) is 7.36. The van der Waals surface area contributed by atoms with Crippen molar-refractivity contribution in [1.82, 2.24) is 10.2 Å². The number of hydrogen-bond acceptors (Lipinski definition) is 5. The molecule has 1 aliphatic heterocycles. The van der Waals surface area contributed by atoms with Gasteiger partial charge in [-0.05, 0) is 51.4 Å². The molecule has 1 saturated heterocycles. The van der Waals surface area contributed by atoms with Crippen LogP contribution >= 0.6 is 11.6 Å². The number of halogens is 2. The zero-order chi connectivity index (χ0) is 24.5. The topological polar surface area (TPSA) is 65.0 Å². The average Bonchev–Trinajstić information content (AvgIpc) is 3.31. The standard InChI is InChI=1S/C26H33ClFN3O3/c1-30(2)26(17-7-5-4-6-8-17)11-9-18(10-12-26)31(3)19-13-21(28)24(27)23(14-19)34-20-15-22(25(32)33)29-16-20/h4-8,13-14,18,20,22,29H,9-12,15-16H2,1-3H3,(H,32,33)/t18?,20-,22-,26?/m0/s1. The van der Waals surface area contributed by atoms with Gasteiger partial charge in [0, 0.05) is 43.3 Å². The Morgan fingerprint density at radius 3 is 2.44 bits per heavy atom. The number of ether oxygens (including phenoxy) is 1. The molecule has 2 N–H and O–H groups in total. The van der Waals surface area contributed by atoms with Crippen molar-refractivity contribution in [2.75, 3.05) is 32.6 Å². The van der Waals surface area contributed by atoms with E-state index in [0.29, 0.717) is 18.7 Å². The van der Waals surface area contributed by atoms with Crippen LogP contribution in [0.2, 0.25) is 5.02 Å². The SMILES string of the molecule is CN(c1cc(F)c(Cl)c(O[C@@H]2CN[C@H](C(=O)O)C2)c1)C1CCC(c2ccccc2)(N(C)C)CC1. The first-order chi connectivity index (χ1) is 16.2. The van der Waals surface area contributed by atoms with Crippen LogP contribution in [0.4, 0.5) is 10.1 Å². The zero-order valence-corrected chi connectivity index (χ0v) is 20.7. The molecule has 2 fully saturated rings. The lowest BCUT2D eigenvalue weighted by atomic mass is 9.73. The zero-order valence-electron chi connectivity index (χ0n) is 19.9. The number of hydrogen-bond donors (Lipinski definition) is 2. The largest absolute Gasteiger partial charge is 0.487 e. The number of carboxylic acid groups (broad SMARTS) is 1. The molecule has 0 amide bonds. The fraction of sp³-hybridized carbons (Fsp3) is 0.500. The summed E-state index contributed by atoms with van der Waals surface area (Å²) in [6.07, 6.45) is 3.88. The van der Waals surface area contributed by atoms with Gasteiger partial charge in [-0.15, -0.1) is 0 Å². The van der Waals surface area contributed by atoms with Crippen molar-refractivity contribution in [1.29, 1.82) is 0 Å². The van der Waals surface area contributed by atoms with E-state index in [4.69, 9.17) is 16.3 Å². The van der Waals surface area contributed by atoms with Gasteiger partial charge in [0.2, 0.25) is 0 Å². The molecule has 2 aliphatic rings. The Hall–Kier alpha value is -2.35. The molecule has 8 heteroatoms. The lowest BCUT2D eigenvalue weighted by molar-refractivity contribution is -0.139. The number of nitrogens with one attached hydrogen (secondary N) is 1. The minimum atomic E-state index is -0.918. The van der Waals surface area contributed by atoms with Crippen molar-refractivity contribution in [3.63, 3.8) is 0 Å². The highest BCUT2D eigenvalue weighted by atomic mass is 35.5. The van der Waals surface area contributed by atoms with Gasteiger partial charge in [-0.1, -0.05) is 41.9 Å². The smallest absolute Gasteiger partial charge is 0.320 e. The summed E-state index contributed by atoms with van der Waals surface area (Å²) < 4.78 is 20.7. The second kappa shape index (κ2) is 10.1. The molecule has 1 heterocycles. The van der Waals surface area contributed by atoms with Gasteiger partial charge >= 0.3 is 5.97 Å². The van der Waals surface area contributed by atoms with E-state index in [2.05, 4.69) is 53.5 Å². The highest BCUT2D eigenvalue weighted by molar-refractivity contribution is 6.32. The summed E-state index contributed by atoms with van der Waals surface area (Å²) in [4.78, 5) is 15.6. The van der Waals surface area contributed by atoms with E-state index < -0.39 is 17.8 Å². The lowest BCUT2D eigenvalue weighted by Crippen LogP contribution is -2.48. The van der Waals surface area contributed by atoms with Crippen LogP contribution in [0.15, 0.2) is 42.5 Å². The molecule has 6 nitrogen and oxygen atoms in total. The van der Waals surface area contributed by atoms with E-state index in [0.717, 1.165) is 25.7 Å². The number of nitrogens with zero attached hydrogens (tertiary/aromatic N) is 2. The van der Waals surface area contributed by atoms with Crippen molar-refractivity contribution in [2.24, 2.45) is 0 Å². The summed E-state index contributed by atoms with van der Waals surface area (Å²) in [5, 5.41) is 12.0. The maximum absolute atomic E-state index is 14.7. The molecular weight excluding hydrogens is 457 g/mol. The molecule has 184 valence electrons. The lowest BCUT2D eigenvalue weighted by Gasteiger charge is -2.47. The number of aliphatic carboxylic acids is 1. The second-order valence-electron chi connectivity index (χ2n) is 9.65. The number of carbonyl (C=O) groups is 1. The predicted octanol–water partition coefficient (Wildman–Crippen LogP) is 4.51. The van der Waals surface area contributed by atoms with Crippen LogP contribution in [-0.2, 0) is 10.3 Å². The van der Waals surface area contributed by atoms with Gasteiger partial charge in [-0.3, -0.25) is 9.69 Å². The highest BCUT2D eigenvalue weighted by Crippen LogP contribution is 2.43. The monoisotopic (exact) mass is 489 g/mol. The Morgan fingerprint density at radius 1 is 1.18 bits per heavy atom. The Labute approximate surface area is 205 Å². The summed E-state index contributed by atoms with van der Waals surface area (Å²) in [7, 11) is 6.27. The minimum absolute atomic E-state index is 0.00568. The third kappa shape index (κ3) is 4.88. The molecule has 1 aliphatic carbocycles. The normalized spacial score (nSPS) is 27.1. The van der Waals surface area contributed by atoms with E-state index in [1.54, 1.807) is 6.07 Å². The van der Waals surface area contributed by atoms with E-state index in [9.17, 15) is 14.3 Å². The van der Waals surface area contributed by atoms with Crippen LogP contribution in [-0.4, -0.2) is 61.9 Å². The van der Waals surface area contributed by atoms with Gasteiger partial charge in [0.05, 0.1) is 0 Å². The van der Waals surface area contributed by atoms with Gasteiger partial charge < -0.3 is 20.1 Å². The maximum atomic E-state index is 14.7. The summed E-state index contributed by atoms with van der Waals surface area (Å²) in [6, 6.07) is 13.5. The third-order valence-corrected chi connectivity index (χ3v) is 7.93. The van der Waals surface area contributed by atoms with E-state index >= 15 is 0 Å². The van der Waals surface area contributed by atoms with Gasteiger partial charge in [0.15, 0.2) is 0 Å². The Balaban J connectivity index is 1.48. The molecule has 34 heavy (non-hydrogen) atoms. The summed E-state index contributed by atoms with van der Waals surface area (Å²) >= 11 is 6.21. The quantitative estimate of drug-likeness (QED) is 0.596. The van der Waals surface area contributed by atoms with Crippen molar-refractivity contribution >= 4 is 23.3 Å². The molecule has 2 aromatic rings. The predicted molar refractivity (Wildman–Crippen MR) is 132 cm³/mol. The number of rotatable bonds is 7. The van der Waals surface area contributed by atoms with Crippen LogP contribution in [0, 0.1) is 5.82 Å². The van der Waals surface area contributed by atoms with Crippen molar-refractivity contribution in [3.05, 3.63) is 58.9 Å². The van der Waals surface area contributed by atoms with Crippen LogP contribution in [0.25, 0.3) is 0 Å². The second-order valence-corrected chi connectivity index (χ2v) is 10.0. The number of benzene rings is 2. The third-order valence-electron chi connectivity index (χ3n) is 7.57. The van der Waals surface area contributed by atoms with Crippen LogP contribution in [0.1, 0.15) is 37.7 Å². The van der Waals surface area contributed by atoms with Gasteiger partial charge in [-0.25, -0.2) is 4.39 Å². The van der Waals surface area contributed by atoms with Crippen molar-refractivity contribution < 1.29 is 19.0 Å². The Morgan fingerprint density at radius 2 is 1.85 bits per heavy atom. The van der Waals surface area contributed by atoms with Crippen LogP contribution in [0.5, 0.6) is 5.75 Å². The average molecular weight is 490 g/mol. The summed E-state index contributed by atoms with van der Waals surface area (Å²) in [5.41, 5.74) is 2.03. The number of anilines is 1. The van der Waals surface area contributed by atoms with Gasteiger partial charge in [-0.2, -0.15) is 0 Å². The highest BCUT2D eigenvalue weighted by Gasteiger charge is 2.40. The molecule has 1 saturated carbocycles. The Bertz CT molecular complexity index is 1010. The molecule has 2 atom stereocenters. The van der Waals surface area contributed by atoms with E-state index in [-0.39, 0.29) is 28.5 Å². The summed E-state index contributed by atoms with van der Waals surface area (Å²) in [5.74, 6) is -1.20. The van der Waals surface area contributed by atoms with E-state index in [1.807, 2.05) is 13.1 Å². The first-order valence-electron chi connectivity index (χ1n) is 11.8. The molecule has 0 aromatic heterocycles. The van der Waals surface area contributed by atoms with Crippen LogP contribution in [0.3, 0.4) is 0 Å². The number of carboxylic acids is 1. The molecule has 0 radical (unpaired) electrons. The van der Waals surface area contributed by atoms with Crippen molar-refractivity contribution in [3.8, 4) is 5.75 Å². The van der Waals surface area contributed by atoms with E-state index in [1.165, 1.54) is 11.6 Å². The fourth-order valence-corrected chi connectivity index (χ4v) is 5.57. The molecule has 0 spiro atoms. The first-order valence-corrected chi connectivity index (χ1v) is 12.2. The maximum Gasteiger partial charge on any atom is 0.320 e. The summed E-state index contributed by atoms with van der Waals surface area (Å²) in [6.45, 7) is 0.379. The minimum Gasteiger partial charge on any atom is -0.487 e. The van der Waals surface area contributed by atoms with Crippen LogP contribution < -0.4 is 15.0 Å². The molecule has 4 rings (SSSR count). The van der Waals surface area contributed by atoms with Crippen molar-refractivity contribution in [2.45, 2.75) is 55.8 Å². The first kappa shape index (κ1) is 24.8. The molecule has 0 unspecified atom stereocenters. The molecule has 0 bridgehead atoms. The van der Waals surface area contributed by atoms with Gasteiger partial charge in [0.1, 0.15) is 28.7 Å². The molecular formula is C26H33ClFN3O3. The fourth-order valence-electron chi connectivity index (χ4n) is 5.42. The van der Waals surface area contributed by atoms with Gasteiger partial charge in [0.25, 0.3) is 0 Å².